The van der Waals surface area contributed by atoms with Crippen LogP contribution in [0.1, 0.15) is 11.1 Å². The molecule has 39 heavy (non-hydrogen) atoms. The molecule has 1 fully saturated rings. The molecule has 5 aromatic rings. The van der Waals surface area contributed by atoms with Gasteiger partial charge in [-0.25, -0.2) is 9.37 Å². The quantitative estimate of drug-likeness (QED) is 0.284. The minimum absolute atomic E-state index is 0.101. The van der Waals surface area contributed by atoms with Crippen molar-refractivity contribution < 1.29 is 9.18 Å². The van der Waals surface area contributed by atoms with Crippen molar-refractivity contribution in [2.24, 2.45) is 0 Å². The fraction of sp³-hybridized carbons (Fsp3) is 0.188. The van der Waals surface area contributed by atoms with E-state index >= 15 is 0 Å². The number of fused-ring (bicyclic) bond motifs is 1. The van der Waals surface area contributed by atoms with Gasteiger partial charge in [-0.3, -0.25) is 14.8 Å². The molecular formula is C32H28FN5O. The number of aromatic nitrogens is 3. The molecule has 3 heterocycles. The number of Topliss-reactive ketones (excluding diaryl/α,β-unsaturated/α-hetero) is 1. The average molecular weight is 518 g/mol. The molecule has 0 bridgehead atoms. The zero-order chi connectivity index (χ0) is 26.6. The first-order valence-electron chi connectivity index (χ1n) is 13.1. The topological polar surface area (TPSA) is 62.2 Å². The van der Waals surface area contributed by atoms with E-state index in [1.807, 2.05) is 61.1 Å². The molecule has 7 heteroatoms. The van der Waals surface area contributed by atoms with Gasteiger partial charge in [0.15, 0.2) is 0 Å². The number of hydrogen-bond donors (Lipinski definition) is 0. The summed E-state index contributed by atoms with van der Waals surface area (Å²) in [5, 5.41) is 0. The predicted molar refractivity (Wildman–Crippen MR) is 152 cm³/mol. The molecule has 0 aliphatic carbocycles. The van der Waals surface area contributed by atoms with E-state index in [-0.39, 0.29) is 11.6 Å². The normalized spacial score (nSPS) is 13.6. The van der Waals surface area contributed by atoms with Gasteiger partial charge in [-0.05, 0) is 58.7 Å². The van der Waals surface area contributed by atoms with Crippen LogP contribution in [0.5, 0.6) is 0 Å². The van der Waals surface area contributed by atoms with Gasteiger partial charge in [0.25, 0.3) is 0 Å². The number of ketones is 1. The van der Waals surface area contributed by atoms with E-state index in [9.17, 15) is 9.18 Å². The highest BCUT2D eigenvalue weighted by atomic mass is 19.1. The van der Waals surface area contributed by atoms with E-state index in [2.05, 4.69) is 31.9 Å². The molecule has 0 N–H and O–H groups in total. The number of anilines is 2. The van der Waals surface area contributed by atoms with Crippen LogP contribution in [0.25, 0.3) is 22.2 Å². The summed E-state index contributed by atoms with van der Waals surface area (Å²) in [6, 6.07) is 24.4. The first-order chi connectivity index (χ1) is 19.1. The van der Waals surface area contributed by atoms with Crippen LogP contribution in [-0.2, 0) is 17.6 Å². The third-order valence-electron chi connectivity index (χ3n) is 7.16. The van der Waals surface area contributed by atoms with Crippen LogP contribution in [0.4, 0.5) is 15.9 Å². The summed E-state index contributed by atoms with van der Waals surface area (Å²) in [7, 11) is 0. The van der Waals surface area contributed by atoms with Crippen molar-refractivity contribution in [2.75, 3.05) is 36.0 Å². The first-order valence-corrected chi connectivity index (χ1v) is 13.1. The van der Waals surface area contributed by atoms with Crippen LogP contribution in [0.15, 0.2) is 97.5 Å². The Morgan fingerprint density at radius 3 is 2.03 bits per heavy atom. The molecule has 1 aliphatic heterocycles. The van der Waals surface area contributed by atoms with E-state index in [1.165, 1.54) is 17.8 Å². The Morgan fingerprint density at radius 1 is 0.718 bits per heavy atom. The summed E-state index contributed by atoms with van der Waals surface area (Å²) in [6.45, 7) is 3.60. The lowest BCUT2D eigenvalue weighted by atomic mass is 9.99. The van der Waals surface area contributed by atoms with Crippen molar-refractivity contribution in [3.8, 4) is 11.1 Å². The molecule has 0 atom stereocenters. The number of piperazine rings is 1. The maximum absolute atomic E-state index is 13.1. The van der Waals surface area contributed by atoms with Gasteiger partial charge in [0.2, 0.25) is 0 Å². The second kappa shape index (κ2) is 11.0. The van der Waals surface area contributed by atoms with E-state index in [0.717, 1.165) is 65.3 Å². The second-order valence-corrected chi connectivity index (χ2v) is 9.83. The molecule has 0 radical (unpaired) electrons. The molecule has 0 saturated carbocycles. The molecule has 2 aromatic heterocycles. The van der Waals surface area contributed by atoms with Crippen LogP contribution in [-0.4, -0.2) is 46.9 Å². The Kier molecular flexibility index (Phi) is 6.95. The van der Waals surface area contributed by atoms with Gasteiger partial charge in [-0.1, -0.05) is 42.5 Å². The Balaban J connectivity index is 1.12. The summed E-state index contributed by atoms with van der Waals surface area (Å²) in [5.41, 5.74) is 6.82. The van der Waals surface area contributed by atoms with Crippen molar-refractivity contribution >= 4 is 28.3 Å². The molecule has 0 spiro atoms. The van der Waals surface area contributed by atoms with Gasteiger partial charge in [-0.2, -0.15) is 0 Å². The van der Waals surface area contributed by atoms with E-state index < -0.39 is 0 Å². The highest BCUT2D eigenvalue weighted by Gasteiger charge is 2.19. The van der Waals surface area contributed by atoms with Crippen LogP contribution < -0.4 is 9.80 Å². The number of pyridine rings is 1. The minimum atomic E-state index is -0.294. The van der Waals surface area contributed by atoms with Crippen LogP contribution in [0.2, 0.25) is 0 Å². The molecule has 3 aromatic carbocycles. The molecule has 0 unspecified atom stereocenters. The Hall–Kier alpha value is -4.65. The Bertz CT molecular complexity index is 1580. The lowest BCUT2D eigenvalue weighted by Crippen LogP contribution is -2.46. The number of carbonyl (C=O) groups is 1. The number of hydrogen-bond acceptors (Lipinski definition) is 6. The van der Waals surface area contributed by atoms with Crippen molar-refractivity contribution in [3.63, 3.8) is 0 Å². The molecule has 194 valence electrons. The molecule has 1 saturated heterocycles. The van der Waals surface area contributed by atoms with Crippen LogP contribution in [0.3, 0.4) is 0 Å². The lowest BCUT2D eigenvalue weighted by Gasteiger charge is -2.36. The zero-order valence-corrected chi connectivity index (χ0v) is 21.5. The number of benzene rings is 3. The van der Waals surface area contributed by atoms with Gasteiger partial charge in [0.05, 0.1) is 17.2 Å². The van der Waals surface area contributed by atoms with Crippen LogP contribution >= 0.6 is 0 Å². The van der Waals surface area contributed by atoms with E-state index in [4.69, 9.17) is 4.98 Å². The Labute approximate surface area is 226 Å². The summed E-state index contributed by atoms with van der Waals surface area (Å²) in [6.07, 6.45) is 6.17. The zero-order valence-electron chi connectivity index (χ0n) is 21.5. The molecule has 6 rings (SSSR count). The monoisotopic (exact) mass is 517 g/mol. The van der Waals surface area contributed by atoms with Crippen molar-refractivity contribution in [3.05, 3.63) is 114 Å². The summed E-state index contributed by atoms with van der Waals surface area (Å²) in [4.78, 5) is 30.9. The number of halogens is 1. The maximum atomic E-state index is 13.1. The molecular weight excluding hydrogens is 489 g/mol. The SMILES string of the molecule is O=C(Cc1ccc(F)cc1)Cc1ccc(-c2ccc3ncc(N4CCN(c5ccncc5)CC4)nc3c2)cc1. The molecule has 0 amide bonds. The predicted octanol–water partition coefficient (Wildman–Crippen LogP) is 5.51. The fourth-order valence-corrected chi connectivity index (χ4v) is 5.02. The number of rotatable bonds is 7. The summed E-state index contributed by atoms with van der Waals surface area (Å²) >= 11 is 0. The number of nitrogens with zero attached hydrogens (tertiary/aromatic N) is 5. The van der Waals surface area contributed by atoms with Gasteiger partial charge in [-0.15, -0.1) is 0 Å². The fourth-order valence-electron chi connectivity index (χ4n) is 5.02. The van der Waals surface area contributed by atoms with Crippen LogP contribution in [0, 0.1) is 5.82 Å². The third-order valence-corrected chi connectivity index (χ3v) is 7.16. The number of carbonyl (C=O) groups excluding carboxylic acids is 1. The largest absolute Gasteiger partial charge is 0.368 e. The average Bonchev–Trinajstić information content (AvgIpc) is 2.99. The third kappa shape index (κ3) is 5.77. The van der Waals surface area contributed by atoms with Gasteiger partial charge < -0.3 is 9.80 Å². The van der Waals surface area contributed by atoms with Crippen molar-refractivity contribution in [1.82, 2.24) is 15.0 Å². The first kappa shape index (κ1) is 24.7. The van der Waals surface area contributed by atoms with Crippen molar-refractivity contribution in [1.29, 1.82) is 0 Å². The molecule has 1 aliphatic rings. The molecule has 6 nitrogen and oxygen atoms in total. The Morgan fingerprint density at radius 2 is 1.33 bits per heavy atom. The van der Waals surface area contributed by atoms with Gasteiger partial charge in [0, 0.05) is 57.1 Å². The van der Waals surface area contributed by atoms with E-state index in [0.29, 0.717) is 12.8 Å². The standard InChI is InChI=1S/C32H28FN5O/c33-27-8-3-24(4-9-27)20-29(39)19-23-1-5-25(6-2-23)26-7-10-30-31(21-26)36-32(22-35-30)38-17-15-37(16-18-38)28-11-13-34-14-12-28/h1-14,21-22H,15-20H2. The smallest absolute Gasteiger partial charge is 0.147 e. The van der Waals surface area contributed by atoms with Gasteiger partial charge >= 0.3 is 0 Å². The highest BCUT2D eigenvalue weighted by Crippen LogP contribution is 2.26. The second-order valence-electron chi connectivity index (χ2n) is 9.83. The van der Waals surface area contributed by atoms with E-state index in [1.54, 1.807) is 12.1 Å². The van der Waals surface area contributed by atoms with Crippen molar-refractivity contribution in [2.45, 2.75) is 12.8 Å². The summed E-state index contributed by atoms with van der Waals surface area (Å²) < 4.78 is 13.1. The minimum Gasteiger partial charge on any atom is -0.368 e. The summed E-state index contributed by atoms with van der Waals surface area (Å²) in [5.74, 6) is 0.700. The highest BCUT2D eigenvalue weighted by molar-refractivity contribution is 5.84. The maximum Gasteiger partial charge on any atom is 0.147 e. The van der Waals surface area contributed by atoms with Gasteiger partial charge in [0.1, 0.15) is 17.4 Å². The lowest BCUT2D eigenvalue weighted by molar-refractivity contribution is -0.117.